The van der Waals surface area contributed by atoms with Crippen molar-refractivity contribution >= 4 is 29.9 Å². The normalized spacial score (nSPS) is 14.5. The summed E-state index contributed by atoms with van der Waals surface area (Å²) in [5.74, 6) is 2.82. The van der Waals surface area contributed by atoms with Gasteiger partial charge in [-0.3, -0.25) is 0 Å². The Labute approximate surface area is 208 Å². The lowest BCUT2D eigenvalue weighted by atomic mass is 10.1. The topological polar surface area (TPSA) is 88.0 Å². The number of pyridine rings is 1. The summed E-state index contributed by atoms with van der Waals surface area (Å²) in [4.78, 5) is 8.95. The molecule has 1 atom stereocenters. The average Bonchev–Trinajstić information content (AvgIpc) is 3.59. The van der Waals surface area contributed by atoms with Crippen LogP contribution >= 0.6 is 24.0 Å². The molecule has 7 nitrogen and oxygen atoms in total. The number of aliphatic hydroxyl groups excluding tert-OH is 1. The zero-order valence-electron chi connectivity index (χ0n) is 19.1. The van der Waals surface area contributed by atoms with Crippen LogP contribution in [-0.2, 0) is 6.54 Å². The van der Waals surface area contributed by atoms with Crippen molar-refractivity contribution in [3.05, 3.63) is 53.7 Å². The van der Waals surface area contributed by atoms with Gasteiger partial charge < -0.3 is 25.2 Å². The minimum Gasteiger partial charge on any atom is -0.491 e. The molecule has 176 valence electrons. The van der Waals surface area contributed by atoms with E-state index in [1.165, 1.54) is 12.8 Å². The number of rotatable bonds is 11. The van der Waals surface area contributed by atoms with Crippen molar-refractivity contribution < 1.29 is 14.6 Å². The van der Waals surface area contributed by atoms with Crippen LogP contribution in [0.15, 0.2) is 47.6 Å². The molecular weight excluding hydrogens is 519 g/mol. The van der Waals surface area contributed by atoms with E-state index in [1.54, 1.807) is 6.20 Å². The maximum Gasteiger partial charge on any atom is 0.213 e. The highest BCUT2D eigenvalue weighted by molar-refractivity contribution is 14.0. The van der Waals surface area contributed by atoms with Crippen molar-refractivity contribution in [3.8, 4) is 11.6 Å². The number of guanidine groups is 1. The second-order valence-corrected chi connectivity index (χ2v) is 8.09. The first kappa shape index (κ1) is 26.2. The summed E-state index contributed by atoms with van der Waals surface area (Å²) in [6.45, 7) is 8.31. The van der Waals surface area contributed by atoms with Crippen LogP contribution in [0.2, 0.25) is 0 Å². The standard InChI is InChI=1S/C24H34N4O3.HI/c1-4-25-24(27-14-19-7-12-23(26-13-19)30-16-18-5-6-18)28-15-22(29)20-8-10-21(11-9-20)31-17(2)3;/h7-13,17-18,22,29H,4-6,14-16H2,1-3H3,(H2,25,27,28);1H. The highest BCUT2D eigenvalue weighted by Gasteiger charge is 2.22. The molecule has 1 fully saturated rings. The number of halogens is 1. The molecule has 2 aromatic rings. The minimum absolute atomic E-state index is 0. The lowest BCUT2D eigenvalue weighted by Crippen LogP contribution is -2.39. The lowest BCUT2D eigenvalue weighted by Gasteiger charge is -2.16. The molecule has 1 heterocycles. The zero-order chi connectivity index (χ0) is 22.1. The number of nitrogens with zero attached hydrogens (tertiary/aromatic N) is 2. The first-order chi connectivity index (χ1) is 15.0. The second-order valence-electron chi connectivity index (χ2n) is 8.09. The minimum atomic E-state index is -0.651. The summed E-state index contributed by atoms with van der Waals surface area (Å²) in [5.41, 5.74) is 1.82. The van der Waals surface area contributed by atoms with Gasteiger partial charge in [-0.2, -0.15) is 0 Å². The van der Waals surface area contributed by atoms with Crippen LogP contribution in [-0.4, -0.2) is 41.9 Å². The molecule has 32 heavy (non-hydrogen) atoms. The van der Waals surface area contributed by atoms with E-state index < -0.39 is 6.10 Å². The first-order valence-corrected chi connectivity index (χ1v) is 11.1. The summed E-state index contributed by atoms with van der Waals surface area (Å²) in [6, 6.07) is 11.4. The highest BCUT2D eigenvalue weighted by atomic mass is 127. The molecule has 1 unspecified atom stereocenters. The third-order valence-corrected chi connectivity index (χ3v) is 4.82. The van der Waals surface area contributed by atoms with Gasteiger partial charge in [-0.05, 0) is 62.8 Å². The van der Waals surface area contributed by atoms with Gasteiger partial charge in [0.15, 0.2) is 5.96 Å². The Morgan fingerprint density at radius 3 is 2.50 bits per heavy atom. The zero-order valence-corrected chi connectivity index (χ0v) is 21.4. The molecule has 1 aromatic heterocycles. The number of hydrogen-bond donors (Lipinski definition) is 3. The smallest absolute Gasteiger partial charge is 0.213 e. The Morgan fingerprint density at radius 1 is 1.16 bits per heavy atom. The van der Waals surface area contributed by atoms with Crippen molar-refractivity contribution in [2.45, 2.75) is 52.4 Å². The van der Waals surface area contributed by atoms with Gasteiger partial charge in [-0.25, -0.2) is 9.98 Å². The average molecular weight is 554 g/mol. The van der Waals surface area contributed by atoms with Crippen LogP contribution in [0.5, 0.6) is 11.6 Å². The highest BCUT2D eigenvalue weighted by Crippen LogP contribution is 2.29. The predicted octanol–water partition coefficient (Wildman–Crippen LogP) is 4.06. The van der Waals surface area contributed by atoms with Crippen LogP contribution < -0.4 is 20.1 Å². The molecule has 3 N–H and O–H groups in total. The summed E-state index contributed by atoms with van der Waals surface area (Å²) in [5, 5.41) is 16.9. The molecule has 8 heteroatoms. The summed E-state index contributed by atoms with van der Waals surface area (Å²) < 4.78 is 11.3. The van der Waals surface area contributed by atoms with Crippen LogP contribution in [0.4, 0.5) is 0 Å². The summed E-state index contributed by atoms with van der Waals surface area (Å²) in [7, 11) is 0. The van der Waals surface area contributed by atoms with Crippen LogP contribution in [0.3, 0.4) is 0 Å². The Bertz CT molecular complexity index is 824. The van der Waals surface area contributed by atoms with E-state index in [9.17, 15) is 5.11 Å². The quantitative estimate of drug-likeness (QED) is 0.221. The Kier molecular flexibility index (Phi) is 11.0. The number of aliphatic hydroxyl groups is 1. The van der Waals surface area contributed by atoms with Crippen LogP contribution in [0.1, 0.15) is 50.8 Å². The van der Waals surface area contributed by atoms with Crippen molar-refractivity contribution in [1.82, 2.24) is 15.6 Å². The molecule has 0 saturated heterocycles. The van der Waals surface area contributed by atoms with E-state index in [0.717, 1.165) is 30.0 Å². The van der Waals surface area contributed by atoms with Gasteiger partial charge in [0, 0.05) is 25.4 Å². The van der Waals surface area contributed by atoms with Crippen LogP contribution in [0, 0.1) is 5.92 Å². The molecule has 1 aliphatic carbocycles. The number of aliphatic imine (C=N–C) groups is 1. The molecule has 0 amide bonds. The van der Waals surface area contributed by atoms with Gasteiger partial charge >= 0.3 is 0 Å². The Balaban J connectivity index is 0.00000363. The maximum absolute atomic E-state index is 10.5. The van der Waals surface area contributed by atoms with E-state index in [2.05, 4.69) is 20.6 Å². The lowest BCUT2D eigenvalue weighted by molar-refractivity contribution is 0.180. The Morgan fingerprint density at radius 2 is 1.91 bits per heavy atom. The second kappa shape index (κ2) is 13.5. The summed E-state index contributed by atoms with van der Waals surface area (Å²) in [6.07, 6.45) is 3.80. The maximum atomic E-state index is 10.5. The fourth-order valence-corrected chi connectivity index (χ4v) is 2.94. The monoisotopic (exact) mass is 554 g/mol. The third-order valence-electron chi connectivity index (χ3n) is 4.82. The molecule has 0 radical (unpaired) electrons. The number of aromatic nitrogens is 1. The first-order valence-electron chi connectivity index (χ1n) is 11.1. The molecule has 1 aromatic carbocycles. The van der Waals surface area contributed by atoms with Crippen molar-refractivity contribution in [2.75, 3.05) is 19.7 Å². The molecule has 0 bridgehead atoms. The van der Waals surface area contributed by atoms with E-state index in [4.69, 9.17) is 9.47 Å². The summed E-state index contributed by atoms with van der Waals surface area (Å²) >= 11 is 0. The molecular formula is C24H35IN4O3. The van der Waals surface area contributed by atoms with E-state index in [-0.39, 0.29) is 30.1 Å². The molecule has 0 aliphatic heterocycles. The molecule has 0 spiro atoms. The van der Waals surface area contributed by atoms with E-state index in [0.29, 0.717) is 30.8 Å². The van der Waals surface area contributed by atoms with Gasteiger partial charge in [0.1, 0.15) is 5.75 Å². The number of nitrogens with one attached hydrogen (secondary N) is 2. The van der Waals surface area contributed by atoms with Gasteiger partial charge in [0.2, 0.25) is 5.88 Å². The molecule has 3 rings (SSSR count). The number of ether oxygens (including phenoxy) is 2. The van der Waals surface area contributed by atoms with Crippen molar-refractivity contribution in [1.29, 1.82) is 0 Å². The van der Waals surface area contributed by atoms with Crippen molar-refractivity contribution in [3.63, 3.8) is 0 Å². The van der Waals surface area contributed by atoms with Gasteiger partial charge in [-0.1, -0.05) is 18.2 Å². The fraction of sp³-hybridized carbons (Fsp3) is 0.500. The van der Waals surface area contributed by atoms with Gasteiger partial charge in [0.05, 0.1) is 25.4 Å². The van der Waals surface area contributed by atoms with Crippen LogP contribution in [0.25, 0.3) is 0 Å². The fourth-order valence-electron chi connectivity index (χ4n) is 2.94. The van der Waals surface area contributed by atoms with Gasteiger partial charge in [0.25, 0.3) is 0 Å². The molecule has 1 aliphatic rings. The number of benzene rings is 1. The van der Waals surface area contributed by atoms with Crippen molar-refractivity contribution in [2.24, 2.45) is 10.9 Å². The Hall–Kier alpha value is -2.07. The number of hydrogen-bond acceptors (Lipinski definition) is 5. The molecule has 1 saturated carbocycles. The SMILES string of the molecule is CCNC(=NCc1ccc(OCC2CC2)nc1)NCC(O)c1ccc(OC(C)C)cc1.I. The largest absolute Gasteiger partial charge is 0.491 e. The van der Waals surface area contributed by atoms with E-state index in [1.807, 2.05) is 57.2 Å². The predicted molar refractivity (Wildman–Crippen MR) is 138 cm³/mol. The third kappa shape index (κ3) is 9.20. The van der Waals surface area contributed by atoms with Gasteiger partial charge in [-0.15, -0.1) is 24.0 Å². The van der Waals surface area contributed by atoms with E-state index >= 15 is 0 Å².